The Morgan fingerprint density at radius 3 is 2.52 bits per heavy atom. The zero-order chi connectivity index (χ0) is 20.4. The minimum absolute atomic E-state index is 0.220. The van der Waals surface area contributed by atoms with Gasteiger partial charge in [0.25, 0.3) is 11.1 Å². The van der Waals surface area contributed by atoms with E-state index in [1.165, 1.54) is 11.6 Å². The number of benzene rings is 2. The molecule has 0 radical (unpaired) electrons. The molecule has 0 spiro atoms. The summed E-state index contributed by atoms with van der Waals surface area (Å²) in [5.41, 5.74) is 1.50. The highest BCUT2D eigenvalue weighted by Crippen LogP contribution is 2.08. The average Bonchev–Trinajstić information content (AvgIpc) is 3.03. The van der Waals surface area contributed by atoms with Gasteiger partial charge in [0.1, 0.15) is 5.69 Å². The van der Waals surface area contributed by atoms with E-state index in [4.69, 9.17) is 0 Å². The maximum absolute atomic E-state index is 12.7. The number of hydrogen-bond donors (Lipinski definition) is 0. The highest BCUT2D eigenvalue weighted by molar-refractivity contribution is 7.15. The normalized spacial score (nSPS) is 11.7. The maximum atomic E-state index is 12.7. The van der Waals surface area contributed by atoms with E-state index in [1.807, 2.05) is 30.3 Å². The molecule has 2 aromatic carbocycles. The number of thiazole rings is 1. The molecule has 144 valence electrons. The third-order valence-electron chi connectivity index (χ3n) is 4.29. The fourth-order valence-electron chi connectivity index (χ4n) is 2.83. The molecule has 0 saturated heterocycles. The van der Waals surface area contributed by atoms with E-state index in [-0.39, 0.29) is 16.2 Å². The topological polar surface area (TPSA) is 90.6 Å². The van der Waals surface area contributed by atoms with Gasteiger partial charge < -0.3 is 4.74 Å². The van der Waals surface area contributed by atoms with Gasteiger partial charge in [0, 0.05) is 6.42 Å². The number of aromatic nitrogens is 3. The number of rotatable bonds is 4. The SMILES string of the molecule is COC(=O)c1ccc(C=c2sc3nc(=O)c(Cc4ccccc4)nn3c2=O)cc1. The first-order valence-electron chi connectivity index (χ1n) is 8.72. The molecule has 2 aromatic heterocycles. The molecule has 8 heteroatoms. The van der Waals surface area contributed by atoms with Crippen molar-refractivity contribution in [2.24, 2.45) is 0 Å². The fraction of sp³-hybridized carbons (Fsp3) is 0.0952. The van der Waals surface area contributed by atoms with E-state index in [9.17, 15) is 14.4 Å². The molecule has 7 nitrogen and oxygen atoms in total. The minimum Gasteiger partial charge on any atom is -0.465 e. The molecule has 0 saturated carbocycles. The van der Waals surface area contributed by atoms with Crippen LogP contribution in [0.3, 0.4) is 0 Å². The van der Waals surface area contributed by atoms with Gasteiger partial charge in [-0.2, -0.15) is 14.6 Å². The lowest BCUT2D eigenvalue weighted by Gasteiger charge is -1.99. The van der Waals surface area contributed by atoms with Crippen molar-refractivity contribution in [1.29, 1.82) is 0 Å². The molecule has 4 rings (SSSR count). The van der Waals surface area contributed by atoms with Gasteiger partial charge in [-0.15, -0.1) is 0 Å². The molecule has 2 heterocycles. The zero-order valence-corrected chi connectivity index (χ0v) is 16.2. The van der Waals surface area contributed by atoms with Crippen LogP contribution >= 0.6 is 11.3 Å². The molecule has 0 bridgehead atoms. The molecular weight excluding hydrogens is 390 g/mol. The predicted octanol–water partition coefficient (Wildman–Crippen LogP) is 1.44. The molecule has 0 aliphatic carbocycles. The van der Waals surface area contributed by atoms with Crippen LogP contribution in [0, 0.1) is 0 Å². The number of esters is 1. The molecule has 0 N–H and O–H groups in total. The average molecular weight is 405 g/mol. The largest absolute Gasteiger partial charge is 0.465 e. The quantitative estimate of drug-likeness (QED) is 0.477. The standard InChI is InChI=1S/C21H15N3O4S/c1-28-20(27)15-9-7-14(8-10-15)12-17-19(26)24-21(29-17)22-18(25)16(23-24)11-13-5-3-2-4-6-13/h2-10,12H,11H2,1H3. The molecule has 0 atom stereocenters. The summed E-state index contributed by atoms with van der Waals surface area (Å²) in [5, 5.41) is 4.24. The van der Waals surface area contributed by atoms with Gasteiger partial charge in [-0.1, -0.05) is 53.8 Å². The van der Waals surface area contributed by atoms with Crippen LogP contribution < -0.4 is 15.7 Å². The van der Waals surface area contributed by atoms with Gasteiger partial charge in [-0.05, 0) is 29.3 Å². The summed E-state index contributed by atoms with van der Waals surface area (Å²) in [6.07, 6.45) is 1.98. The van der Waals surface area contributed by atoms with E-state index in [1.54, 1.807) is 30.3 Å². The van der Waals surface area contributed by atoms with Crippen molar-refractivity contribution < 1.29 is 9.53 Å². The number of carbonyl (C=O) groups excluding carboxylic acids is 1. The molecule has 0 unspecified atom stereocenters. The van der Waals surface area contributed by atoms with Gasteiger partial charge in [0.15, 0.2) is 0 Å². The molecule has 0 aliphatic rings. The number of ether oxygens (including phenoxy) is 1. The summed E-state index contributed by atoms with van der Waals surface area (Å²) in [4.78, 5) is 40.8. The minimum atomic E-state index is -0.441. The second-order valence-electron chi connectivity index (χ2n) is 6.25. The lowest BCUT2D eigenvalue weighted by atomic mass is 10.1. The maximum Gasteiger partial charge on any atom is 0.337 e. The third-order valence-corrected chi connectivity index (χ3v) is 5.25. The van der Waals surface area contributed by atoms with Crippen molar-refractivity contribution in [3.8, 4) is 0 Å². The first-order valence-corrected chi connectivity index (χ1v) is 9.53. The summed E-state index contributed by atoms with van der Waals surface area (Å²) in [7, 11) is 1.32. The van der Waals surface area contributed by atoms with Crippen LogP contribution in [0.2, 0.25) is 0 Å². The second kappa shape index (κ2) is 7.76. The van der Waals surface area contributed by atoms with E-state index in [0.717, 1.165) is 22.5 Å². The highest BCUT2D eigenvalue weighted by atomic mass is 32.1. The Kier molecular flexibility index (Phi) is 5.01. The summed E-state index contributed by atoms with van der Waals surface area (Å²) >= 11 is 1.09. The zero-order valence-electron chi connectivity index (χ0n) is 15.4. The third kappa shape index (κ3) is 3.83. The number of hydrogen-bond acceptors (Lipinski definition) is 7. The van der Waals surface area contributed by atoms with Crippen molar-refractivity contribution in [3.05, 3.63) is 102 Å². The van der Waals surface area contributed by atoms with Crippen LogP contribution in [0.1, 0.15) is 27.2 Å². The highest BCUT2D eigenvalue weighted by Gasteiger charge is 2.12. The summed E-state index contributed by atoms with van der Waals surface area (Å²) < 4.78 is 6.23. The Morgan fingerprint density at radius 1 is 1.10 bits per heavy atom. The molecule has 29 heavy (non-hydrogen) atoms. The van der Waals surface area contributed by atoms with Gasteiger partial charge in [-0.25, -0.2) is 4.79 Å². The van der Waals surface area contributed by atoms with E-state index in [0.29, 0.717) is 16.5 Å². The molecule has 0 amide bonds. The molecule has 4 aromatic rings. The lowest BCUT2D eigenvalue weighted by Crippen LogP contribution is -2.28. The van der Waals surface area contributed by atoms with Gasteiger partial charge in [-0.3, -0.25) is 9.59 Å². The van der Waals surface area contributed by atoms with Crippen LogP contribution in [0.5, 0.6) is 0 Å². The van der Waals surface area contributed by atoms with E-state index >= 15 is 0 Å². The molecule has 0 aliphatic heterocycles. The monoisotopic (exact) mass is 405 g/mol. The van der Waals surface area contributed by atoms with Crippen LogP contribution in [0.25, 0.3) is 11.0 Å². The van der Waals surface area contributed by atoms with Gasteiger partial charge in [0.05, 0.1) is 17.2 Å². The van der Waals surface area contributed by atoms with E-state index in [2.05, 4.69) is 14.8 Å². The van der Waals surface area contributed by atoms with Crippen molar-refractivity contribution in [3.63, 3.8) is 0 Å². The molecule has 0 fully saturated rings. The van der Waals surface area contributed by atoms with Crippen LogP contribution in [0.4, 0.5) is 0 Å². The molecular formula is C21H15N3O4S. The summed E-state index contributed by atoms with van der Waals surface area (Å²) in [5.74, 6) is -0.430. The number of fused-ring (bicyclic) bond motifs is 1. The van der Waals surface area contributed by atoms with Crippen molar-refractivity contribution in [2.75, 3.05) is 7.11 Å². The van der Waals surface area contributed by atoms with Crippen molar-refractivity contribution in [2.45, 2.75) is 6.42 Å². The van der Waals surface area contributed by atoms with Crippen LogP contribution in [0.15, 0.2) is 64.2 Å². The number of nitrogens with zero attached hydrogens (tertiary/aromatic N) is 3. The Hall–Kier alpha value is -3.65. The Balaban J connectivity index is 1.74. The second-order valence-corrected chi connectivity index (χ2v) is 7.26. The summed E-state index contributed by atoms with van der Waals surface area (Å²) in [6.45, 7) is 0. The fourth-order valence-corrected chi connectivity index (χ4v) is 3.73. The first-order chi connectivity index (χ1) is 14.0. The Bertz CT molecular complexity index is 1360. The van der Waals surface area contributed by atoms with Crippen LogP contribution in [-0.2, 0) is 11.2 Å². The Morgan fingerprint density at radius 2 is 1.83 bits per heavy atom. The van der Waals surface area contributed by atoms with Crippen molar-refractivity contribution >= 4 is 28.3 Å². The van der Waals surface area contributed by atoms with Gasteiger partial charge in [0.2, 0.25) is 4.96 Å². The lowest BCUT2D eigenvalue weighted by molar-refractivity contribution is 0.0600. The number of carbonyl (C=O) groups is 1. The summed E-state index contributed by atoms with van der Waals surface area (Å²) in [6, 6.07) is 16.1. The van der Waals surface area contributed by atoms with E-state index < -0.39 is 11.5 Å². The number of methoxy groups -OCH3 is 1. The van der Waals surface area contributed by atoms with Crippen molar-refractivity contribution in [1.82, 2.24) is 14.6 Å². The first kappa shape index (κ1) is 18.7. The van der Waals surface area contributed by atoms with Gasteiger partial charge >= 0.3 is 5.97 Å². The predicted molar refractivity (Wildman–Crippen MR) is 109 cm³/mol. The smallest absolute Gasteiger partial charge is 0.337 e. The Labute approximate surface area is 168 Å². The van der Waals surface area contributed by atoms with Crippen LogP contribution in [-0.4, -0.2) is 27.7 Å².